The van der Waals surface area contributed by atoms with Crippen LogP contribution in [0.25, 0.3) is 0 Å². The van der Waals surface area contributed by atoms with Crippen molar-refractivity contribution in [3.8, 4) is 0 Å². The Balaban J connectivity index is 2.68. The van der Waals surface area contributed by atoms with Crippen molar-refractivity contribution in [3.05, 3.63) is 78.3 Å². The Morgan fingerprint density at radius 1 is 1.44 bits per heavy atom. The molecule has 0 radical (unpaired) electrons. The van der Waals surface area contributed by atoms with Crippen LogP contribution in [0.15, 0.2) is 72.7 Å². The molecular weight excluding hydrogens is 244 g/mol. The number of pyridine rings is 1. The topological polar surface area (TPSA) is 16.1 Å². The van der Waals surface area contributed by atoms with Crippen LogP contribution in [0.4, 0.5) is 0 Å². The van der Waals surface area contributed by atoms with Crippen LogP contribution in [0.5, 0.6) is 0 Å². The van der Waals surface area contributed by atoms with E-state index >= 15 is 0 Å². The molecule has 1 heterocycles. The summed E-state index contributed by atoms with van der Waals surface area (Å²) in [6, 6.07) is 3.95. The Labute approximate surface area is 114 Å². The maximum Gasteiger partial charge on any atom is 0.0570 e. The SMILES string of the molecule is C=CC(C=C)=C/C(Cl)=C\N(C)Cc1cccnc1. The molecule has 2 nitrogen and oxygen atoms in total. The van der Waals surface area contributed by atoms with Crippen LogP contribution in [0, 0.1) is 0 Å². The van der Waals surface area contributed by atoms with Crippen molar-refractivity contribution in [2.75, 3.05) is 7.05 Å². The molecule has 0 spiro atoms. The minimum Gasteiger partial charge on any atom is -0.375 e. The molecule has 0 saturated carbocycles. The lowest BCUT2D eigenvalue weighted by molar-refractivity contribution is 0.449. The van der Waals surface area contributed by atoms with Crippen molar-refractivity contribution in [1.82, 2.24) is 9.88 Å². The summed E-state index contributed by atoms with van der Waals surface area (Å²) in [7, 11) is 1.96. The molecule has 0 aliphatic heterocycles. The van der Waals surface area contributed by atoms with Crippen LogP contribution in [-0.4, -0.2) is 16.9 Å². The van der Waals surface area contributed by atoms with Crippen LogP contribution >= 0.6 is 11.6 Å². The monoisotopic (exact) mass is 260 g/mol. The highest BCUT2D eigenvalue weighted by Crippen LogP contribution is 2.11. The van der Waals surface area contributed by atoms with Gasteiger partial charge in [-0.3, -0.25) is 4.98 Å². The summed E-state index contributed by atoms with van der Waals surface area (Å²) in [5.74, 6) is 0. The Bertz CT molecular complexity index is 451. The molecule has 1 rings (SSSR count). The van der Waals surface area contributed by atoms with Gasteiger partial charge in [0.2, 0.25) is 0 Å². The zero-order valence-electron chi connectivity index (χ0n) is 10.5. The molecule has 1 aromatic heterocycles. The van der Waals surface area contributed by atoms with Gasteiger partial charge in [0.25, 0.3) is 0 Å². The van der Waals surface area contributed by atoms with E-state index in [9.17, 15) is 0 Å². The van der Waals surface area contributed by atoms with Gasteiger partial charge < -0.3 is 4.90 Å². The van der Waals surface area contributed by atoms with Gasteiger partial charge in [0.05, 0.1) is 5.03 Å². The van der Waals surface area contributed by atoms with Crippen LogP contribution in [-0.2, 0) is 6.54 Å². The number of hydrogen-bond donors (Lipinski definition) is 0. The third-order valence-corrected chi connectivity index (χ3v) is 2.48. The van der Waals surface area contributed by atoms with E-state index in [1.165, 1.54) is 0 Å². The summed E-state index contributed by atoms with van der Waals surface area (Å²) in [6.07, 6.45) is 10.7. The maximum atomic E-state index is 6.13. The van der Waals surface area contributed by atoms with Crippen molar-refractivity contribution in [3.63, 3.8) is 0 Å². The number of aromatic nitrogens is 1. The van der Waals surface area contributed by atoms with Crippen molar-refractivity contribution in [2.24, 2.45) is 0 Å². The normalized spacial score (nSPS) is 10.7. The first kappa shape index (κ1) is 14.3. The molecular formula is C15H17ClN2. The quantitative estimate of drug-likeness (QED) is 0.722. The molecule has 1 aromatic rings. The van der Waals surface area contributed by atoms with Crippen molar-refractivity contribution in [2.45, 2.75) is 6.54 Å². The molecule has 0 saturated heterocycles. The van der Waals surface area contributed by atoms with Gasteiger partial charge in [-0.2, -0.15) is 0 Å². The molecule has 0 amide bonds. The molecule has 18 heavy (non-hydrogen) atoms. The molecule has 0 bridgehead atoms. The van der Waals surface area contributed by atoms with E-state index < -0.39 is 0 Å². The van der Waals surface area contributed by atoms with Gasteiger partial charge in [0.1, 0.15) is 0 Å². The van der Waals surface area contributed by atoms with Crippen LogP contribution in [0.2, 0.25) is 0 Å². The predicted molar refractivity (Wildman–Crippen MR) is 78.1 cm³/mol. The molecule has 3 heteroatoms. The largest absolute Gasteiger partial charge is 0.375 e. The van der Waals surface area contributed by atoms with E-state index in [4.69, 9.17) is 11.6 Å². The standard InChI is InChI=1S/C15H17ClN2/c1-4-13(5-2)9-15(16)12-18(3)11-14-7-6-8-17-10-14/h4-10,12H,1-2,11H2,3H3/b15-12+. The lowest BCUT2D eigenvalue weighted by atomic mass is 10.2. The third-order valence-electron chi connectivity index (χ3n) is 2.27. The second-order valence-electron chi connectivity index (χ2n) is 3.84. The van der Waals surface area contributed by atoms with Crippen LogP contribution < -0.4 is 0 Å². The summed E-state index contributed by atoms with van der Waals surface area (Å²) >= 11 is 6.13. The predicted octanol–water partition coefficient (Wildman–Crippen LogP) is 3.89. The van der Waals surface area contributed by atoms with E-state index in [0.29, 0.717) is 5.03 Å². The fourth-order valence-electron chi connectivity index (χ4n) is 1.43. The molecule has 0 aliphatic rings. The number of rotatable bonds is 6. The van der Waals surface area contributed by atoms with Gasteiger partial charge >= 0.3 is 0 Å². The molecule has 0 aromatic carbocycles. The van der Waals surface area contributed by atoms with Crippen LogP contribution in [0.3, 0.4) is 0 Å². The van der Waals surface area contributed by atoms with E-state index in [1.807, 2.05) is 42.6 Å². The highest BCUT2D eigenvalue weighted by atomic mass is 35.5. The highest BCUT2D eigenvalue weighted by Gasteiger charge is 1.97. The Hall–Kier alpha value is -1.80. The summed E-state index contributed by atoms with van der Waals surface area (Å²) in [5.41, 5.74) is 2.03. The first-order chi connectivity index (χ1) is 8.65. The summed E-state index contributed by atoms with van der Waals surface area (Å²) in [6.45, 7) is 8.13. The fourth-order valence-corrected chi connectivity index (χ4v) is 1.73. The third kappa shape index (κ3) is 5.02. The first-order valence-corrected chi connectivity index (χ1v) is 5.96. The molecule has 0 fully saturated rings. The van der Waals surface area contributed by atoms with Gasteiger partial charge in [0, 0.05) is 32.2 Å². The van der Waals surface area contributed by atoms with Gasteiger partial charge in [-0.25, -0.2) is 0 Å². The maximum absolute atomic E-state index is 6.13. The number of allylic oxidation sites excluding steroid dienone is 5. The molecule has 0 atom stereocenters. The highest BCUT2D eigenvalue weighted by molar-refractivity contribution is 6.31. The first-order valence-electron chi connectivity index (χ1n) is 5.58. The number of halogens is 1. The summed E-state index contributed by atoms with van der Waals surface area (Å²) < 4.78 is 0. The Kier molecular flexibility index (Phi) is 5.95. The Morgan fingerprint density at radius 2 is 2.17 bits per heavy atom. The van der Waals surface area contributed by atoms with E-state index in [1.54, 1.807) is 18.3 Å². The minimum atomic E-state index is 0.635. The lowest BCUT2D eigenvalue weighted by Gasteiger charge is -2.14. The van der Waals surface area contributed by atoms with E-state index in [-0.39, 0.29) is 0 Å². The van der Waals surface area contributed by atoms with Crippen LogP contribution in [0.1, 0.15) is 5.56 Å². The van der Waals surface area contributed by atoms with Crippen molar-refractivity contribution >= 4 is 11.6 Å². The molecule has 94 valence electrons. The van der Waals surface area contributed by atoms with Gasteiger partial charge in [-0.1, -0.05) is 43.0 Å². The summed E-state index contributed by atoms with van der Waals surface area (Å²) in [5, 5.41) is 0.635. The smallest absolute Gasteiger partial charge is 0.0570 e. The average Bonchev–Trinajstić information content (AvgIpc) is 2.36. The number of hydrogen-bond acceptors (Lipinski definition) is 2. The second kappa shape index (κ2) is 7.51. The fraction of sp³-hybridized carbons (Fsp3) is 0.133. The average molecular weight is 261 g/mol. The number of nitrogens with zero attached hydrogens (tertiary/aromatic N) is 2. The van der Waals surface area contributed by atoms with Gasteiger partial charge in [-0.05, 0) is 23.3 Å². The molecule has 0 aliphatic carbocycles. The van der Waals surface area contributed by atoms with Gasteiger partial charge in [-0.15, -0.1) is 0 Å². The molecule has 0 N–H and O–H groups in total. The zero-order chi connectivity index (χ0) is 13.4. The van der Waals surface area contributed by atoms with E-state index in [2.05, 4.69) is 18.1 Å². The lowest BCUT2D eigenvalue weighted by Crippen LogP contribution is -2.10. The van der Waals surface area contributed by atoms with E-state index in [0.717, 1.165) is 17.7 Å². The Morgan fingerprint density at radius 3 is 2.72 bits per heavy atom. The summed E-state index contributed by atoms with van der Waals surface area (Å²) in [4.78, 5) is 6.07. The zero-order valence-corrected chi connectivity index (χ0v) is 11.3. The van der Waals surface area contributed by atoms with Crippen molar-refractivity contribution in [1.29, 1.82) is 0 Å². The second-order valence-corrected chi connectivity index (χ2v) is 4.28. The van der Waals surface area contributed by atoms with Gasteiger partial charge in [0.15, 0.2) is 0 Å². The minimum absolute atomic E-state index is 0.635. The van der Waals surface area contributed by atoms with Crippen molar-refractivity contribution < 1.29 is 0 Å². The molecule has 0 unspecified atom stereocenters.